The van der Waals surface area contributed by atoms with Crippen molar-refractivity contribution in [3.8, 4) is 0 Å². The van der Waals surface area contributed by atoms with E-state index in [1.807, 2.05) is 13.8 Å². The molecule has 1 atom stereocenters. The molecule has 1 fully saturated rings. The Morgan fingerprint density at radius 2 is 1.52 bits per heavy atom. The number of amidine groups is 1. The van der Waals surface area contributed by atoms with Gasteiger partial charge in [-0.1, -0.05) is 23.7 Å². The predicted octanol–water partition coefficient (Wildman–Crippen LogP) is 1.31. The van der Waals surface area contributed by atoms with E-state index in [1.165, 1.54) is 0 Å². The number of halogens is 4. The van der Waals surface area contributed by atoms with Crippen molar-refractivity contribution in [1.29, 1.82) is 0 Å². The van der Waals surface area contributed by atoms with Crippen molar-refractivity contribution in [2.24, 2.45) is 17.1 Å². The first-order valence-electron chi connectivity index (χ1n) is 12.8. The average molecular weight is 613 g/mol. The van der Waals surface area contributed by atoms with Crippen LogP contribution in [0.2, 0.25) is 5.02 Å². The van der Waals surface area contributed by atoms with Crippen LogP contribution in [0.5, 0.6) is 0 Å². The topological polar surface area (TPSA) is 178 Å². The van der Waals surface area contributed by atoms with E-state index >= 15 is 0 Å². The summed E-state index contributed by atoms with van der Waals surface area (Å²) < 4.78 is 31.5. The molecular formula is C28H32ClF3N4O6. The standard InChI is InChI=1S/C26H31ClN4O4.C2HF3O2/c1-26(2,25(35)31-13-11-16(12-14-31)15-21(32)33)22(17-7-9-20(27)10-8-17)30-24(34)19-5-3-18(4-6-19)23(28)29;3-2(4,5)1(6)7/h3-10,16,22H,11-15H2,1-2H3,(H3,28,29)(H,30,34)(H,32,33);(H,6,7). The van der Waals surface area contributed by atoms with Crippen molar-refractivity contribution in [2.45, 2.75) is 45.3 Å². The first-order valence-corrected chi connectivity index (χ1v) is 13.1. The summed E-state index contributed by atoms with van der Waals surface area (Å²) in [5, 5.41) is 27.1. The maximum atomic E-state index is 13.7. The van der Waals surface area contributed by atoms with Gasteiger partial charge in [-0.2, -0.15) is 13.2 Å². The minimum absolute atomic E-state index is 0.0641. The number of carboxylic acids is 2. The third kappa shape index (κ3) is 9.47. The highest BCUT2D eigenvalue weighted by molar-refractivity contribution is 6.30. The quantitative estimate of drug-likeness (QED) is 0.256. The molecule has 0 aliphatic carbocycles. The van der Waals surface area contributed by atoms with Crippen molar-refractivity contribution in [2.75, 3.05) is 13.1 Å². The van der Waals surface area contributed by atoms with Gasteiger partial charge in [-0.15, -0.1) is 0 Å². The summed E-state index contributed by atoms with van der Waals surface area (Å²) in [5.41, 5.74) is 6.41. The molecular weight excluding hydrogens is 581 g/mol. The Kier molecular flexibility index (Phi) is 11.5. The molecule has 6 N–H and O–H groups in total. The van der Waals surface area contributed by atoms with Crippen molar-refractivity contribution in [3.05, 3.63) is 70.2 Å². The molecule has 0 aromatic heterocycles. The molecule has 0 bridgehead atoms. The van der Waals surface area contributed by atoms with E-state index in [-0.39, 0.29) is 30.0 Å². The Balaban J connectivity index is 0.000000782. The van der Waals surface area contributed by atoms with Crippen molar-refractivity contribution in [3.63, 3.8) is 0 Å². The van der Waals surface area contributed by atoms with Crippen LogP contribution in [0.25, 0.3) is 0 Å². The molecule has 2 aromatic carbocycles. The molecule has 1 unspecified atom stereocenters. The van der Waals surface area contributed by atoms with Crippen molar-refractivity contribution in [1.82, 2.24) is 10.2 Å². The summed E-state index contributed by atoms with van der Waals surface area (Å²) in [6, 6.07) is 13.0. The molecule has 0 spiro atoms. The highest BCUT2D eigenvalue weighted by Crippen LogP contribution is 2.37. The van der Waals surface area contributed by atoms with Gasteiger partial charge in [0.15, 0.2) is 0 Å². The summed E-state index contributed by atoms with van der Waals surface area (Å²) >= 11 is 6.08. The molecule has 228 valence electrons. The van der Waals surface area contributed by atoms with Gasteiger partial charge in [0.2, 0.25) is 5.91 Å². The first-order chi connectivity index (χ1) is 19.4. The monoisotopic (exact) mass is 612 g/mol. The second-order valence-corrected chi connectivity index (χ2v) is 10.8. The van der Waals surface area contributed by atoms with Gasteiger partial charge in [0, 0.05) is 30.1 Å². The number of carboxylic acid groups (broad SMARTS) is 2. The zero-order valence-corrected chi connectivity index (χ0v) is 23.7. The van der Waals surface area contributed by atoms with Gasteiger partial charge < -0.3 is 25.2 Å². The maximum Gasteiger partial charge on any atom is 0.430 e. The number of nitrogens with one attached hydrogen (secondary N) is 1. The molecule has 3 rings (SSSR count). The first kappa shape index (κ1) is 34.1. The SMILES string of the molecule is CC(C)(C(=O)N1CCC(CC(=O)O)CC1)C(NC(=O)c1ccc(C(N)=[NH2+])cc1)c1ccc(Cl)cc1.O=C([O-])C(F)(F)F. The molecule has 0 radical (unpaired) electrons. The van der Waals surface area contributed by atoms with Crippen LogP contribution in [0.3, 0.4) is 0 Å². The Bertz CT molecular complexity index is 1290. The number of hydrogen-bond donors (Lipinski definition) is 4. The molecule has 2 aromatic rings. The zero-order chi connectivity index (χ0) is 31.8. The van der Waals surface area contributed by atoms with Gasteiger partial charge >= 0.3 is 12.1 Å². The predicted molar refractivity (Wildman–Crippen MR) is 145 cm³/mol. The molecule has 2 amide bonds. The molecule has 1 aliphatic heterocycles. The van der Waals surface area contributed by atoms with Crippen LogP contribution < -0.4 is 21.6 Å². The minimum atomic E-state index is -5.19. The molecule has 1 aliphatic rings. The van der Waals surface area contributed by atoms with Crippen LogP contribution in [-0.2, 0) is 14.4 Å². The molecule has 1 heterocycles. The highest BCUT2D eigenvalue weighted by atomic mass is 35.5. The van der Waals surface area contributed by atoms with Crippen LogP contribution in [0.4, 0.5) is 13.2 Å². The summed E-state index contributed by atoms with van der Waals surface area (Å²) in [6.07, 6.45) is -3.80. The number of carbonyl (C=O) groups excluding carboxylic acids is 3. The van der Waals surface area contributed by atoms with E-state index in [1.54, 1.807) is 53.4 Å². The maximum absolute atomic E-state index is 13.7. The van der Waals surface area contributed by atoms with E-state index in [4.69, 9.17) is 37.8 Å². The van der Waals surface area contributed by atoms with Crippen LogP contribution >= 0.6 is 11.6 Å². The Morgan fingerprint density at radius 3 is 1.95 bits per heavy atom. The van der Waals surface area contributed by atoms with Gasteiger partial charge in [-0.05, 0) is 74.6 Å². The molecule has 0 saturated carbocycles. The van der Waals surface area contributed by atoms with Gasteiger partial charge in [0.25, 0.3) is 11.7 Å². The summed E-state index contributed by atoms with van der Waals surface area (Å²) in [4.78, 5) is 48.4. The van der Waals surface area contributed by atoms with E-state index in [0.717, 1.165) is 5.56 Å². The second kappa shape index (κ2) is 14.2. The number of aliphatic carboxylic acids is 2. The number of likely N-dealkylation sites (tertiary alicyclic amines) is 1. The summed E-state index contributed by atoms with van der Waals surface area (Å²) in [5.74, 6) is -4.04. The normalized spacial score (nSPS) is 14.7. The number of nitrogens with two attached hydrogens (primary N) is 2. The zero-order valence-electron chi connectivity index (χ0n) is 22.9. The Morgan fingerprint density at radius 1 is 1.05 bits per heavy atom. The molecule has 42 heavy (non-hydrogen) atoms. The fourth-order valence-corrected chi connectivity index (χ4v) is 4.61. The van der Waals surface area contributed by atoms with E-state index in [0.29, 0.717) is 42.1 Å². The number of benzene rings is 2. The van der Waals surface area contributed by atoms with Crippen LogP contribution in [0.15, 0.2) is 48.5 Å². The minimum Gasteiger partial charge on any atom is -0.542 e. The van der Waals surface area contributed by atoms with E-state index in [9.17, 15) is 27.6 Å². The van der Waals surface area contributed by atoms with E-state index < -0.39 is 29.6 Å². The number of rotatable bonds is 8. The lowest BCUT2D eigenvalue weighted by Crippen LogP contribution is -2.51. The van der Waals surface area contributed by atoms with Gasteiger partial charge in [-0.3, -0.25) is 25.5 Å². The Hall–Kier alpha value is -4.13. The second-order valence-electron chi connectivity index (χ2n) is 10.3. The molecule has 14 heteroatoms. The highest BCUT2D eigenvalue weighted by Gasteiger charge is 2.42. The third-order valence-corrected chi connectivity index (χ3v) is 7.08. The Labute approximate surface area is 245 Å². The fraction of sp³-hybridized carbons (Fsp3) is 0.393. The number of piperidine rings is 1. The van der Waals surface area contributed by atoms with Crippen molar-refractivity contribution >= 4 is 41.2 Å². The number of nitrogens with zero attached hydrogens (tertiary/aromatic N) is 1. The lowest BCUT2D eigenvalue weighted by molar-refractivity contribution is -0.344. The van der Waals surface area contributed by atoms with E-state index in [2.05, 4.69) is 5.32 Å². The summed E-state index contributed by atoms with van der Waals surface area (Å²) in [7, 11) is 0. The third-order valence-electron chi connectivity index (χ3n) is 6.83. The number of alkyl halides is 3. The van der Waals surface area contributed by atoms with Crippen molar-refractivity contribution < 1.29 is 48.0 Å². The smallest absolute Gasteiger partial charge is 0.430 e. The van der Waals surface area contributed by atoms with Gasteiger partial charge in [-0.25, -0.2) is 0 Å². The van der Waals surface area contributed by atoms with Crippen LogP contribution in [0, 0.1) is 11.3 Å². The van der Waals surface area contributed by atoms with Gasteiger partial charge in [0.05, 0.1) is 17.0 Å². The lowest BCUT2D eigenvalue weighted by Gasteiger charge is -2.40. The summed E-state index contributed by atoms with van der Waals surface area (Å²) in [6.45, 7) is 4.59. The largest absolute Gasteiger partial charge is 0.542 e. The molecule has 1 saturated heterocycles. The number of carbonyl (C=O) groups is 4. The van der Waals surface area contributed by atoms with Gasteiger partial charge in [0.1, 0.15) is 5.97 Å². The average Bonchev–Trinajstić information content (AvgIpc) is 2.91. The fourth-order valence-electron chi connectivity index (χ4n) is 4.48. The number of amides is 2. The lowest BCUT2D eigenvalue weighted by atomic mass is 9.78. The van der Waals surface area contributed by atoms with Crippen LogP contribution in [0.1, 0.15) is 60.6 Å². The molecule has 10 nitrogen and oxygen atoms in total. The number of hydrogen-bond acceptors (Lipinski definition) is 5. The van der Waals surface area contributed by atoms with Crippen LogP contribution in [-0.4, -0.2) is 58.9 Å².